The molecule has 2 N–H and O–H groups in total. The SMILES string of the molecule is Nc1nccc(CCCn2ccnc2)c1[N+](=O)[O-]. The first kappa shape index (κ1) is 12.0. The second kappa shape index (κ2) is 5.26. The fourth-order valence-electron chi connectivity index (χ4n) is 1.80. The van der Waals surface area contributed by atoms with Gasteiger partial charge in [-0.25, -0.2) is 9.97 Å². The van der Waals surface area contributed by atoms with Crippen LogP contribution in [0.1, 0.15) is 12.0 Å². The van der Waals surface area contributed by atoms with Crippen LogP contribution in [0.3, 0.4) is 0 Å². The second-order valence-corrected chi connectivity index (χ2v) is 3.87. The molecule has 0 unspecified atom stereocenters. The van der Waals surface area contributed by atoms with Gasteiger partial charge in [0, 0.05) is 30.7 Å². The summed E-state index contributed by atoms with van der Waals surface area (Å²) in [7, 11) is 0. The average Bonchev–Trinajstić information content (AvgIpc) is 2.81. The van der Waals surface area contributed by atoms with Gasteiger partial charge in [-0.3, -0.25) is 10.1 Å². The minimum atomic E-state index is -0.477. The lowest BCUT2D eigenvalue weighted by atomic mass is 10.1. The molecule has 2 aromatic heterocycles. The van der Waals surface area contributed by atoms with Crippen LogP contribution in [0, 0.1) is 10.1 Å². The first-order valence-electron chi connectivity index (χ1n) is 5.52. The molecule has 7 heteroatoms. The lowest BCUT2D eigenvalue weighted by Crippen LogP contribution is -2.04. The van der Waals surface area contributed by atoms with Gasteiger partial charge < -0.3 is 10.3 Å². The standard InChI is InChI=1S/C11H13N5O2/c12-11-10(16(17)18)9(3-4-14-11)2-1-6-15-7-5-13-8-15/h3-5,7-8H,1-2,6H2,(H2,12,14). The van der Waals surface area contributed by atoms with Crippen molar-refractivity contribution in [2.75, 3.05) is 5.73 Å². The number of nitrogens with zero attached hydrogens (tertiary/aromatic N) is 4. The molecule has 0 fully saturated rings. The summed E-state index contributed by atoms with van der Waals surface area (Å²) in [4.78, 5) is 18.1. The van der Waals surface area contributed by atoms with E-state index in [4.69, 9.17) is 5.73 Å². The van der Waals surface area contributed by atoms with E-state index in [1.807, 2.05) is 10.8 Å². The molecule has 0 amide bonds. The maximum Gasteiger partial charge on any atom is 0.314 e. The Morgan fingerprint density at radius 3 is 2.94 bits per heavy atom. The summed E-state index contributed by atoms with van der Waals surface area (Å²) in [6, 6.07) is 1.64. The second-order valence-electron chi connectivity index (χ2n) is 3.87. The molecular formula is C11H13N5O2. The Morgan fingerprint density at radius 2 is 2.28 bits per heavy atom. The highest BCUT2D eigenvalue weighted by molar-refractivity contribution is 5.57. The number of nitrogen functional groups attached to an aromatic ring is 1. The third kappa shape index (κ3) is 2.62. The number of aryl methyl sites for hydroxylation is 2. The van der Waals surface area contributed by atoms with E-state index in [0.29, 0.717) is 12.0 Å². The fourth-order valence-corrected chi connectivity index (χ4v) is 1.80. The van der Waals surface area contributed by atoms with E-state index in [9.17, 15) is 10.1 Å². The number of pyridine rings is 1. The molecule has 0 spiro atoms. The highest BCUT2D eigenvalue weighted by Gasteiger charge is 2.18. The summed E-state index contributed by atoms with van der Waals surface area (Å²) in [6.07, 6.45) is 8.13. The Kier molecular flexibility index (Phi) is 3.52. The van der Waals surface area contributed by atoms with Crippen LogP contribution in [-0.2, 0) is 13.0 Å². The van der Waals surface area contributed by atoms with E-state index in [1.165, 1.54) is 6.20 Å². The molecule has 7 nitrogen and oxygen atoms in total. The van der Waals surface area contributed by atoms with Gasteiger partial charge in [0.25, 0.3) is 0 Å². The maximum atomic E-state index is 10.9. The smallest absolute Gasteiger partial charge is 0.314 e. The van der Waals surface area contributed by atoms with Gasteiger partial charge in [-0.15, -0.1) is 0 Å². The van der Waals surface area contributed by atoms with Crippen molar-refractivity contribution in [3.05, 3.63) is 46.7 Å². The molecule has 18 heavy (non-hydrogen) atoms. The van der Waals surface area contributed by atoms with Crippen molar-refractivity contribution in [1.29, 1.82) is 0 Å². The third-order valence-electron chi connectivity index (χ3n) is 2.64. The average molecular weight is 247 g/mol. The van der Waals surface area contributed by atoms with Gasteiger partial charge in [-0.2, -0.15) is 0 Å². The number of anilines is 1. The van der Waals surface area contributed by atoms with Crippen molar-refractivity contribution >= 4 is 11.5 Å². The minimum absolute atomic E-state index is 0.0277. The molecule has 0 saturated heterocycles. The van der Waals surface area contributed by atoms with Crippen LogP contribution < -0.4 is 5.73 Å². The number of imidazole rings is 1. The van der Waals surface area contributed by atoms with Crippen LogP contribution in [0.5, 0.6) is 0 Å². The van der Waals surface area contributed by atoms with E-state index in [0.717, 1.165) is 13.0 Å². The monoisotopic (exact) mass is 247 g/mol. The van der Waals surface area contributed by atoms with Gasteiger partial charge in [-0.05, 0) is 18.9 Å². The molecule has 2 rings (SSSR count). The summed E-state index contributed by atoms with van der Waals surface area (Å²) in [5.74, 6) is -0.0277. The van der Waals surface area contributed by atoms with Crippen LogP contribution in [0.15, 0.2) is 31.0 Å². The van der Waals surface area contributed by atoms with Gasteiger partial charge in [0.05, 0.1) is 11.3 Å². The molecule has 0 aliphatic heterocycles. The molecular weight excluding hydrogens is 234 g/mol. The number of nitro groups is 1. The van der Waals surface area contributed by atoms with Crippen molar-refractivity contribution in [2.24, 2.45) is 0 Å². The quantitative estimate of drug-likeness (QED) is 0.635. The van der Waals surface area contributed by atoms with Gasteiger partial charge in [0.2, 0.25) is 5.82 Å². The van der Waals surface area contributed by atoms with Gasteiger partial charge in [0.1, 0.15) is 0 Å². The highest BCUT2D eigenvalue weighted by atomic mass is 16.6. The summed E-state index contributed by atoms with van der Waals surface area (Å²) in [5.41, 5.74) is 6.06. The predicted molar refractivity (Wildman–Crippen MR) is 65.9 cm³/mol. The van der Waals surface area contributed by atoms with Gasteiger partial charge in [-0.1, -0.05) is 0 Å². The van der Waals surface area contributed by atoms with E-state index < -0.39 is 4.92 Å². The van der Waals surface area contributed by atoms with Crippen LogP contribution in [0.2, 0.25) is 0 Å². The minimum Gasteiger partial charge on any atom is -0.378 e. The Hall–Kier alpha value is -2.44. The Labute approximate surface area is 103 Å². The molecule has 0 aromatic carbocycles. The number of hydrogen-bond acceptors (Lipinski definition) is 5. The topological polar surface area (TPSA) is 99.9 Å². The summed E-state index contributed by atoms with van der Waals surface area (Å²) < 4.78 is 1.93. The summed E-state index contributed by atoms with van der Waals surface area (Å²) in [5, 5.41) is 10.9. The van der Waals surface area contributed by atoms with Crippen LogP contribution in [0.4, 0.5) is 11.5 Å². The molecule has 0 aliphatic carbocycles. The zero-order valence-electron chi connectivity index (χ0n) is 9.69. The summed E-state index contributed by atoms with van der Waals surface area (Å²) >= 11 is 0. The van der Waals surface area contributed by atoms with Gasteiger partial charge in [0.15, 0.2) is 0 Å². The van der Waals surface area contributed by atoms with Gasteiger partial charge >= 0.3 is 5.69 Å². The number of aromatic nitrogens is 3. The molecule has 2 heterocycles. The molecule has 0 aliphatic rings. The molecule has 0 atom stereocenters. The van der Waals surface area contributed by atoms with Crippen molar-refractivity contribution in [3.8, 4) is 0 Å². The molecule has 94 valence electrons. The largest absolute Gasteiger partial charge is 0.378 e. The van der Waals surface area contributed by atoms with Crippen LogP contribution in [-0.4, -0.2) is 19.5 Å². The fraction of sp³-hybridized carbons (Fsp3) is 0.273. The zero-order valence-corrected chi connectivity index (χ0v) is 9.69. The Bertz CT molecular complexity index is 538. The van der Waals surface area contributed by atoms with Crippen LogP contribution >= 0.6 is 0 Å². The molecule has 2 aromatic rings. The Morgan fingerprint density at radius 1 is 1.44 bits per heavy atom. The van der Waals surface area contributed by atoms with Crippen molar-refractivity contribution < 1.29 is 4.92 Å². The van der Waals surface area contributed by atoms with E-state index in [1.54, 1.807) is 18.6 Å². The molecule has 0 radical (unpaired) electrons. The predicted octanol–water partition coefficient (Wildman–Crippen LogP) is 1.40. The molecule has 0 saturated carbocycles. The summed E-state index contributed by atoms with van der Waals surface area (Å²) in [6.45, 7) is 0.763. The molecule has 0 bridgehead atoms. The van der Waals surface area contributed by atoms with Crippen molar-refractivity contribution in [1.82, 2.24) is 14.5 Å². The lowest BCUT2D eigenvalue weighted by molar-refractivity contribution is -0.384. The number of hydrogen-bond donors (Lipinski definition) is 1. The maximum absolute atomic E-state index is 10.9. The van der Waals surface area contributed by atoms with E-state index >= 15 is 0 Å². The normalized spacial score (nSPS) is 10.4. The van der Waals surface area contributed by atoms with Crippen LogP contribution in [0.25, 0.3) is 0 Å². The van der Waals surface area contributed by atoms with E-state index in [-0.39, 0.29) is 11.5 Å². The number of rotatable bonds is 5. The lowest BCUT2D eigenvalue weighted by Gasteiger charge is -2.05. The van der Waals surface area contributed by atoms with Crippen molar-refractivity contribution in [3.63, 3.8) is 0 Å². The first-order valence-corrected chi connectivity index (χ1v) is 5.52. The van der Waals surface area contributed by atoms with E-state index in [2.05, 4.69) is 9.97 Å². The highest BCUT2D eigenvalue weighted by Crippen LogP contribution is 2.24. The third-order valence-corrected chi connectivity index (χ3v) is 2.64. The Balaban J connectivity index is 2.05. The first-order chi connectivity index (χ1) is 8.68. The number of nitrogens with two attached hydrogens (primary N) is 1. The van der Waals surface area contributed by atoms with Crippen molar-refractivity contribution in [2.45, 2.75) is 19.4 Å². The zero-order chi connectivity index (χ0) is 13.0.